The lowest BCUT2D eigenvalue weighted by molar-refractivity contribution is -0.135. The van der Waals surface area contributed by atoms with Crippen molar-refractivity contribution in [2.45, 2.75) is 19.9 Å². The van der Waals surface area contributed by atoms with Gasteiger partial charge in [0.05, 0.1) is 19.1 Å². The number of likely N-dealkylation sites (tertiary alicyclic amines) is 1. The maximum atomic E-state index is 12.4. The summed E-state index contributed by atoms with van der Waals surface area (Å²) in [6.45, 7) is 3.68. The number of methoxy groups -OCH3 is 1. The van der Waals surface area contributed by atoms with E-state index in [4.69, 9.17) is 9.26 Å². The van der Waals surface area contributed by atoms with Crippen molar-refractivity contribution in [1.82, 2.24) is 15.0 Å². The van der Waals surface area contributed by atoms with E-state index in [1.165, 1.54) is 0 Å². The highest BCUT2D eigenvalue weighted by atomic mass is 16.5. The molecular weight excluding hydrogens is 274 g/mol. The van der Waals surface area contributed by atoms with Gasteiger partial charge in [-0.1, -0.05) is 5.16 Å². The fourth-order valence-electron chi connectivity index (χ4n) is 2.48. The van der Waals surface area contributed by atoms with Crippen LogP contribution in [-0.4, -0.2) is 60.6 Å². The standard InChI is InChI=1S/C14H21N3O4/c1-10-6-12(15-21-10)9-16(2)14(19)11-7-13(18)17(8-11)4-5-20-3/h6,11H,4-5,7-9H2,1-3H3. The molecule has 1 saturated heterocycles. The first kappa shape index (κ1) is 15.5. The zero-order chi connectivity index (χ0) is 15.4. The molecule has 0 aromatic carbocycles. The largest absolute Gasteiger partial charge is 0.383 e. The van der Waals surface area contributed by atoms with Crippen LogP contribution < -0.4 is 0 Å². The molecule has 0 saturated carbocycles. The topological polar surface area (TPSA) is 75.9 Å². The first-order chi connectivity index (χ1) is 10.0. The van der Waals surface area contributed by atoms with Gasteiger partial charge in [0.15, 0.2) is 0 Å². The van der Waals surface area contributed by atoms with Crippen LogP contribution in [0.1, 0.15) is 17.9 Å². The molecule has 7 nitrogen and oxygen atoms in total. The summed E-state index contributed by atoms with van der Waals surface area (Å²) < 4.78 is 9.95. The van der Waals surface area contributed by atoms with Gasteiger partial charge < -0.3 is 19.1 Å². The second-order valence-corrected chi connectivity index (χ2v) is 5.36. The highest BCUT2D eigenvalue weighted by molar-refractivity contribution is 5.89. The van der Waals surface area contributed by atoms with E-state index in [2.05, 4.69) is 5.16 Å². The first-order valence-electron chi connectivity index (χ1n) is 6.95. The Hall–Kier alpha value is -1.89. The lowest BCUT2D eigenvalue weighted by Crippen LogP contribution is -2.35. The SMILES string of the molecule is COCCN1CC(C(=O)N(C)Cc2cc(C)on2)CC1=O. The molecule has 21 heavy (non-hydrogen) atoms. The first-order valence-corrected chi connectivity index (χ1v) is 6.95. The number of nitrogens with zero attached hydrogens (tertiary/aromatic N) is 3. The smallest absolute Gasteiger partial charge is 0.228 e. The summed E-state index contributed by atoms with van der Waals surface area (Å²) in [6, 6.07) is 1.80. The minimum atomic E-state index is -0.285. The van der Waals surface area contributed by atoms with Crippen LogP contribution in [0.4, 0.5) is 0 Å². The van der Waals surface area contributed by atoms with Crippen LogP contribution in [0, 0.1) is 12.8 Å². The second kappa shape index (κ2) is 6.71. The molecule has 1 fully saturated rings. The number of carbonyl (C=O) groups excluding carboxylic acids is 2. The van der Waals surface area contributed by atoms with E-state index in [9.17, 15) is 9.59 Å². The molecule has 0 N–H and O–H groups in total. The Labute approximate surface area is 123 Å². The van der Waals surface area contributed by atoms with Crippen LogP contribution in [0.2, 0.25) is 0 Å². The molecule has 1 aromatic heterocycles. The number of rotatable bonds is 6. The van der Waals surface area contributed by atoms with Gasteiger partial charge in [-0.2, -0.15) is 0 Å². The number of hydrogen-bond donors (Lipinski definition) is 0. The van der Waals surface area contributed by atoms with Crippen molar-refractivity contribution in [2.75, 3.05) is 33.9 Å². The fraction of sp³-hybridized carbons (Fsp3) is 0.643. The van der Waals surface area contributed by atoms with Gasteiger partial charge in [-0.15, -0.1) is 0 Å². The molecule has 1 unspecified atom stereocenters. The van der Waals surface area contributed by atoms with Crippen molar-refractivity contribution in [3.63, 3.8) is 0 Å². The van der Waals surface area contributed by atoms with Gasteiger partial charge in [0.25, 0.3) is 0 Å². The Kier molecular flexibility index (Phi) is 4.95. The van der Waals surface area contributed by atoms with Crippen molar-refractivity contribution >= 4 is 11.8 Å². The molecule has 0 radical (unpaired) electrons. The maximum absolute atomic E-state index is 12.4. The molecular formula is C14H21N3O4. The Morgan fingerprint density at radius 1 is 1.62 bits per heavy atom. The van der Waals surface area contributed by atoms with Crippen molar-refractivity contribution in [2.24, 2.45) is 5.92 Å². The van der Waals surface area contributed by atoms with E-state index in [1.807, 2.05) is 6.92 Å². The zero-order valence-corrected chi connectivity index (χ0v) is 12.7. The van der Waals surface area contributed by atoms with Gasteiger partial charge in [-0.3, -0.25) is 9.59 Å². The molecule has 7 heteroatoms. The molecule has 116 valence electrons. The summed E-state index contributed by atoms with van der Waals surface area (Å²) in [6.07, 6.45) is 0.269. The van der Waals surface area contributed by atoms with Crippen molar-refractivity contribution < 1.29 is 18.8 Å². The van der Waals surface area contributed by atoms with Crippen molar-refractivity contribution in [1.29, 1.82) is 0 Å². The summed E-state index contributed by atoms with van der Waals surface area (Å²) in [5, 5.41) is 3.87. The van der Waals surface area contributed by atoms with Gasteiger partial charge in [0, 0.05) is 39.7 Å². The number of ether oxygens (including phenoxy) is 1. The summed E-state index contributed by atoms with van der Waals surface area (Å²) in [4.78, 5) is 27.5. The number of carbonyl (C=O) groups is 2. The predicted molar refractivity (Wildman–Crippen MR) is 74.3 cm³/mol. The van der Waals surface area contributed by atoms with Crippen LogP contribution in [-0.2, 0) is 20.9 Å². The number of amides is 2. The lowest BCUT2D eigenvalue weighted by atomic mass is 10.1. The molecule has 2 heterocycles. The maximum Gasteiger partial charge on any atom is 0.228 e. The van der Waals surface area contributed by atoms with Gasteiger partial charge in [0.2, 0.25) is 11.8 Å². The lowest BCUT2D eigenvalue weighted by Gasteiger charge is -2.20. The van der Waals surface area contributed by atoms with Crippen molar-refractivity contribution in [3.05, 3.63) is 17.5 Å². The average Bonchev–Trinajstić information content (AvgIpc) is 3.02. The minimum Gasteiger partial charge on any atom is -0.383 e. The quantitative estimate of drug-likeness (QED) is 0.761. The van der Waals surface area contributed by atoms with E-state index in [-0.39, 0.29) is 24.2 Å². The Morgan fingerprint density at radius 2 is 2.38 bits per heavy atom. The van der Waals surface area contributed by atoms with Crippen LogP contribution >= 0.6 is 0 Å². The van der Waals surface area contributed by atoms with Gasteiger partial charge in [-0.05, 0) is 6.92 Å². The summed E-state index contributed by atoms with van der Waals surface area (Å²) in [7, 11) is 3.31. The Bertz CT molecular complexity index is 514. The average molecular weight is 295 g/mol. The molecule has 1 aliphatic heterocycles. The summed E-state index contributed by atoms with van der Waals surface area (Å²) in [5.74, 6) is 0.403. The van der Waals surface area contributed by atoms with Crippen LogP contribution in [0.15, 0.2) is 10.6 Å². The minimum absolute atomic E-state index is 0.0103. The highest BCUT2D eigenvalue weighted by Gasteiger charge is 2.35. The summed E-state index contributed by atoms with van der Waals surface area (Å²) >= 11 is 0. The van der Waals surface area contributed by atoms with Crippen LogP contribution in [0.25, 0.3) is 0 Å². The van der Waals surface area contributed by atoms with Gasteiger partial charge >= 0.3 is 0 Å². The normalized spacial score (nSPS) is 18.3. The Balaban J connectivity index is 1.89. The molecule has 0 spiro atoms. The van der Waals surface area contributed by atoms with Crippen LogP contribution in [0.5, 0.6) is 0 Å². The zero-order valence-electron chi connectivity index (χ0n) is 12.7. The molecule has 0 aliphatic carbocycles. The molecule has 1 aliphatic rings. The predicted octanol–water partition coefficient (Wildman–Crippen LogP) is 0.436. The van der Waals surface area contributed by atoms with E-state index in [0.717, 1.165) is 0 Å². The number of aromatic nitrogens is 1. The molecule has 0 bridgehead atoms. The van der Waals surface area contributed by atoms with E-state index < -0.39 is 0 Å². The molecule has 2 rings (SSSR count). The molecule has 1 aromatic rings. The third-order valence-electron chi connectivity index (χ3n) is 3.58. The van der Waals surface area contributed by atoms with E-state index in [0.29, 0.717) is 37.7 Å². The number of hydrogen-bond acceptors (Lipinski definition) is 5. The second-order valence-electron chi connectivity index (χ2n) is 5.36. The highest BCUT2D eigenvalue weighted by Crippen LogP contribution is 2.20. The molecule has 1 atom stereocenters. The fourth-order valence-corrected chi connectivity index (χ4v) is 2.48. The van der Waals surface area contributed by atoms with Crippen molar-refractivity contribution in [3.8, 4) is 0 Å². The van der Waals surface area contributed by atoms with Crippen LogP contribution in [0.3, 0.4) is 0 Å². The van der Waals surface area contributed by atoms with E-state index >= 15 is 0 Å². The third-order valence-corrected chi connectivity index (χ3v) is 3.58. The van der Waals surface area contributed by atoms with Gasteiger partial charge in [0.1, 0.15) is 11.5 Å². The third kappa shape index (κ3) is 3.81. The Morgan fingerprint density at radius 3 is 3.00 bits per heavy atom. The number of aryl methyl sites for hydroxylation is 1. The monoisotopic (exact) mass is 295 g/mol. The molecule has 2 amide bonds. The van der Waals surface area contributed by atoms with E-state index in [1.54, 1.807) is 30.0 Å². The summed E-state index contributed by atoms with van der Waals surface area (Å²) in [5.41, 5.74) is 0.712. The van der Waals surface area contributed by atoms with Gasteiger partial charge in [-0.25, -0.2) is 0 Å².